The molecule has 0 aliphatic heterocycles. The van der Waals surface area contributed by atoms with Crippen molar-refractivity contribution >= 4 is 11.9 Å². The number of carboxylic acid groups (broad SMARTS) is 2. The van der Waals surface area contributed by atoms with Crippen molar-refractivity contribution in [2.24, 2.45) is 17.8 Å². The second-order valence-corrected chi connectivity index (χ2v) is 4.13. The van der Waals surface area contributed by atoms with Crippen LogP contribution < -0.4 is 18.1 Å². The fourth-order valence-corrected chi connectivity index (χ4v) is 2.77. The van der Waals surface area contributed by atoms with Gasteiger partial charge in [0.25, 0.3) is 0 Å². The second-order valence-electron chi connectivity index (χ2n) is 4.13. The molecule has 80 valence electrons. The Morgan fingerprint density at radius 3 is 2.21 bits per heavy atom. The van der Waals surface area contributed by atoms with Gasteiger partial charge in [0, 0.05) is 12.3 Å². The normalized spacial score (nSPS) is 43.6. The molecule has 14 heavy (non-hydrogen) atoms. The van der Waals surface area contributed by atoms with Crippen molar-refractivity contribution < 1.29 is 37.9 Å². The lowest BCUT2D eigenvalue weighted by molar-refractivity contribution is -0.469. The molecule has 2 bridgehead atoms. The summed E-state index contributed by atoms with van der Waals surface area (Å²) in [6, 6.07) is 0. The van der Waals surface area contributed by atoms with Gasteiger partial charge in [0.15, 0.2) is 5.54 Å². The highest BCUT2D eigenvalue weighted by Crippen LogP contribution is 2.57. The maximum atomic E-state index is 10.9. The zero-order valence-electron chi connectivity index (χ0n) is 7.44. The Kier molecular flexibility index (Phi) is 2.49. The minimum Gasteiger partial charge on any atom is -1.00 e. The van der Waals surface area contributed by atoms with Gasteiger partial charge in [0.1, 0.15) is 0 Å². The van der Waals surface area contributed by atoms with Crippen molar-refractivity contribution in [2.45, 2.75) is 18.4 Å². The maximum Gasteiger partial charge on any atom is 0.365 e. The van der Waals surface area contributed by atoms with E-state index in [4.69, 9.17) is 10.2 Å². The van der Waals surface area contributed by atoms with Crippen molar-refractivity contribution in [1.82, 2.24) is 0 Å². The summed E-state index contributed by atoms with van der Waals surface area (Å²) in [6.45, 7) is 0. The van der Waals surface area contributed by atoms with E-state index in [9.17, 15) is 9.59 Å². The average Bonchev–Trinajstić information content (AvgIpc) is 2.38. The predicted octanol–water partition coefficient (Wildman–Crippen LogP) is -4.20. The minimum absolute atomic E-state index is 0. The van der Waals surface area contributed by atoms with Crippen LogP contribution in [0.3, 0.4) is 0 Å². The van der Waals surface area contributed by atoms with E-state index in [1.807, 2.05) is 0 Å². The van der Waals surface area contributed by atoms with Crippen LogP contribution in [0.5, 0.6) is 0 Å². The van der Waals surface area contributed by atoms with Crippen LogP contribution in [-0.4, -0.2) is 27.7 Å². The lowest BCUT2D eigenvalue weighted by atomic mass is 9.69. The molecule has 3 rings (SSSR count). The Morgan fingerprint density at radius 1 is 1.36 bits per heavy atom. The Hall–Kier alpha value is -0.810. The molecule has 3 saturated carbocycles. The largest absolute Gasteiger partial charge is 1.00 e. The van der Waals surface area contributed by atoms with Gasteiger partial charge in [0.05, 0.1) is 5.92 Å². The second kappa shape index (κ2) is 3.10. The maximum absolute atomic E-state index is 10.9. The lowest BCUT2D eigenvalue weighted by Crippen LogP contribution is -3.00. The Labute approximate surface area is 86.7 Å². The molecule has 0 heterocycles. The molecule has 0 aromatic rings. The average molecular weight is 222 g/mol. The SMILES string of the molecule is [Cl-].[NH3+][C@@]1(C(=O)O)C[C@@H]2C[C@H]1[C@@H]2C(=O)O. The van der Waals surface area contributed by atoms with Crippen LogP contribution in [0.15, 0.2) is 0 Å². The fraction of sp³-hybridized carbons (Fsp3) is 0.750. The number of halogens is 1. The van der Waals surface area contributed by atoms with E-state index in [0.29, 0.717) is 12.8 Å². The number of carboxylic acids is 2. The van der Waals surface area contributed by atoms with Gasteiger partial charge < -0.3 is 28.4 Å². The molecule has 0 aromatic heterocycles. The molecule has 0 amide bonds. The number of rotatable bonds is 2. The zero-order chi connectivity index (χ0) is 9.80. The first-order chi connectivity index (χ1) is 5.97. The molecular formula is C8H12ClNO4. The summed E-state index contributed by atoms with van der Waals surface area (Å²) in [4.78, 5) is 21.6. The molecule has 0 aromatic carbocycles. The first-order valence-electron chi connectivity index (χ1n) is 4.28. The number of quaternary nitrogens is 1. The van der Waals surface area contributed by atoms with Gasteiger partial charge in [-0.1, -0.05) is 0 Å². The van der Waals surface area contributed by atoms with Crippen molar-refractivity contribution in [3.63, 3.8) is 0 Å². The van der Waals surface area contributed by atoms with Crippen LogP contribution in [0.4, 0.5) is 0 Å². The van der Waals surface area contributed by atoms with E-state index in [-0.39, 0.29) is 24.2 Å². The first kappa shape index (κ1) is 11.3. The predicted molar refractivity (Wildman–Crippen MR) is 40.6 cm³/mol. The van der Waals surface area contributed by atoms with E-state index in [1.54, 1.807) is 0 Å². The third kappa shape index (κ3) is 1.12. The molecule has 5 N–H and O–H groups in total. The van der Waals surface area contributed by atoms with Gasteiger partial charge >= 0.3 is 11.9 Å². The fourth-order valence-electron chi connectivity index (χ4n) is 2.77. The highest BCUT2D eigenvalue weighted by atomic mass is 35.5. The molecule has 3 fully saturated rings. The summed E-state index contributed by atoms with van der Waals surface area (Å²) >= 11 is 0. The van der Waals surface area contributed by atoms with Gasteiger partial charge in [-0.15, -0.1) is 0 Å². The van der Waals surface area contributed by atoms with E-state index < -0.39 is 23.4 Å². The number of carbonyl (C=O) groups is 2. The zero-order valence-corrected chi connectivity index (χ0v) is 8.20. The summed E-state index contributed by atoms with van der Waals surface area (Å²) in [5.41, 5.74) is 2.63. The van der Waals surface area contributed by atoms with E-state index >= 15 is 0 Å². The van der Waals surface area contributed by atoms with Crippen molar-refractivity contribution in [2.75, 3.05) is 0 Å². The van der Waals surface area contributed by atoms with Crippen molar-refractivity contribution in [3.8, 4) is 0 Å². The Morgan fingerprint density at radius 2 is 1.93 bits per heavy atom. The van der Waals surface area contributed by atoms with Gasteiger partial charge in [0.2, 0.25) is 0 Å². The molecule has 5 nitrogen and oxygen atoms in total. The van der Waals surface area contributed by atoms with Crippen LogP contribution >= 0.6 is 0 Å². The third-order valence-corrected chi connectivity index (χ3v) is 3.55. The summed E-state index contributed by atoms with van der Waals surface area (Å²) < 4.78 is 0. The molecule has 0 unspecified atom stereocenters. The standard InChI is InChI=1S/C8H11NO4.ClH/c9-8(7(12)13)2-3-1-4(8)5(3)6(10)11;/h3-5H,1-2,9H2,(H,10,11)(H,12,13);1H/t3-,4-,5+,8-;/m0./s1. The topological polar surface area (TPSA) is 102 Å². The van der Waals surface area contributed by atoms with Crippen LogP contribution in [0.2, 0.25) is 0 Å². The highest BCUT2D eigenvalue weighted by molar-refractivity contribution is 5.82. The molecule has 3 aliphatic rings. The molecule has 3 aliphatic carbocycles. The van der Waals surface area contributed by atoms with E-state index in [0.717, 1.165) is 0 Å². The van der Waals surface area contributed by atoms with Gasteiger partial charge in [-0.05, 0) is 12.3 Å². The molecule has 0 radical (unpaired) electrons. The van der Waals surface area contributed by atoms with Crippen molar-refractivity contribution in [1.29, 1.82) is 0 Å². The van der Waals surface area contributed by atoms with Crippen LogP contribution in [0, 0.1) is 17.8 Å². The highest BCUT2D eigenvalue weighted by Gasteiger charge is 2.69. The molecule has 6 heteroatoms. The van der Waals surface area contributed by atoms with E-state index in [1.165, 1.54) is 0 Å². The smallest absolute Gasteiger partial charge is 0.365 e. The monoisotopic (exact) mass is 221 g/mol. The summed E-state index contributed by atoms with van der Waals surface area (Å²) in [5, 5.41) is 17.7. The number of hydrogen-bond acceptors (Lipinski definition) is 2. The quantitative estimate of drug-likeness (QED) is 0.440. The van der Waals surface area contributed by atoms with Crippen LogP contribution in [-0.2, 0) is 9.59 Å². The van der Waals surface area contributed by atoms with Gasteiger partial charge in [-0.2, -0.15) is 0 Å². The van der Waals surface area contributed by atoms with Crippen molar-refractivity contribution in [3.05, 3.63) is 0 Å². The number of fused-ring (bicyclic) bond motifs is 1. The van der Waals surface area contributed by atoms with E-state index in [2.05, 4.69) is 5.73 Å². The molecule has 4 atom stereocenters. The number of hydrogen-bond donors (Lipinski definition) is 3. The van der Waals surface area contributed by atoms with Crippen LogP contribution in [0.1, 0.15) is 12.8 Å². The van der Waals surface area contributed by atoms with Gasteiger partial charge in [-0.25, -0.2) is 4.79 Å². The Balaban J connectivity index is 0.000000980. The van der Waals surface area contributed by atoms with Gasteiger partial charge in [-0.3, -0.25) is 4.79 Å². The van der Waals surface area contributed by atoms with Crippen LogP contribution in [0.25, 0.3) is 0 Å². The molecule has 0 saturated heterocycles. The summed E-state index contributed by atoms with van der Waals surface area (Å²) in [7, 11) is 0. The minimum atomic E-state index is -1.03. The molecular weight excluding hydrogens is 210 g/mol. The Bertz CT molecular complexity index is 295. The first-order valence-corrected chi connectivity index (χ1v) is 4.28. The summed E-state index contributed by atoms with van der Waals surface area (Å²) in [5.74, 6) is -2.51. The summed E-state index contributed by atoms with van der Waals surface area (Å²) in [6.07, 6.45) is 1.14. The third-order valence-electron chi connectivity index (χ3n) is 3.55. The lowest BCUT2D eigenvalue weighted by Gasteiger charge is -2.33. The number of aliphatic carboxylic acids is 2. The molecule has 0 spiro atoms.